The van der Waals surface area contributed by atoms with E-state index in [1.54, 1.807) is 0 Å². The van der Waals surface area contributed by atoms with Crippen LogP contribution in [-0.4, -0.2) is 64.6 Å². The summed E-state index contributed by atoms with van der Waals surface area (Å²) in [5, 5.41) is 3.13. The molecule has 0 amide bonds. The second-order valence-corrected chi connectivity index (χ2v) is 8.51. The molecule has 0 bridgehead atoms. The highest BCUT2D eigenvalue weighted by Gasteiger charge is 2.27. The molecule has 0 aromatic rings. The highest BCUT2D eigenvalue weighted by molar-refractivity contribution is 7.93. The van der Waals surface area contributed by atoms with Gasteiger partial charge in [0.1, 0.15) is 9.84 Å². The van der Waals surface area contributed by atoms with Gasteiger partial charge in [-0.05, 0) is 6.92 Å². The summed E-state index contributed by atoms with van der Waals surface area (Å²) < 4.78 is 46.8. The van der Waals surface area contributed by atoms with E-state index in [0.717, 1.165) is 6.26 Å². The molecule has 0 spiro atoms. The van der Waals surface area contributed by atoms with Crippen LogP contribution in [-0.2, 0) is 19.9 Å². The molecule has 1 N–H and O–H groups in total. The number of hydrogen-bond acceptors (Lipinski definition) is 5. The van der Waals surface area contributed by atoms with Gasteiger partial charge in [0.25, 0.3) is 0 Å². The predicted octanol–water partition coefficient (Wildman–Crippen LogP) is -0.924. The zero-order valence-corrected chi connectivity index (χ0v) is 12.4. The highest BCUT2D eigenvalue weighted by atomic mass is 35.5. The van der Waals surface area contributed by atoms with Crippen molar-refractivity contribution in [3.8, 4) is 0 Å². The standard InChI is InChI=1S/C8H18N2O4S2.ClH/c1-8-7-10(4-3-9-8)16(13,14)6-5-15(2,11)12;/h8-9H,3-7H2,1-2H3;1H. The fraction of sp³-hybridized carbons (Fsp3) is 1.00. The van der Waals surface area contributed by atoms with E-state index >= 15 is 0 Å². The summed E-state index contributed by atoms with van der Waals surface area (Å²) in [6, 6.07) is 0.113. The van der Waals surface area contributed by atoms with Crippen LogP contribution in [0.4, 0.5) is 0 Å². The van der Waals surface area contributed by atoms with Gasteiger partial charge in [-0.15, -0.1) is 12.4 Å². The SMILES string of the molecule is CC1CN(S(=O)(=O)CCS(C)(=O)=O)CCN1.Cl. The maximum atomic E-state index is 11.8. The molecule has 1 rings (SSSR count). The van der Waals surface area contributed by atoms with E-state index in [9.17, 15) is 16.8 Å². The number of piperazine rings is 1. The van der Waals surface area contributed by atoms with Crippen LogP contribution in [0.25, 0.3) is 0 Å². The molecule has 1 unspecified atom stereocenters. The van der Waals surface area contributed by atoms with Gasteiger partial charge >= 0.3 is 0 Å². The van der Waals surface area contributed by atoms with Crippen molar-refractivity contribution in [2.45, 2.75) is 13.0 Å². The minimum absolute atomic E-state index is 0. The van der Waals surface area contributed by atoms with Crippen LogP contribution in [0, 0.1) is 0 Å². The zero-order chi connectivity index (χ0) is 12.4. The summed E-state index contributed by atoms with van der Waals surface area (Å²) in [7, 11) is -6.67. The summed E-state index contributed by atoms with van der Waals surface area (Å²) in [6.07, 6.45) is 1.04. The van der Waals surface area contributed by atoms with Crippen LogP contribution in [0.15, 0.2) is 0 Å². The topological polar surface area (TPSA) is 83.6 Å². The number of rotatable bonds is 4. The van der Waals surface area contributed by atoms with Crippen molar-refractivity contribution >= 4 is 32.3 Å². The average molecular weight is 307 g/mol. The van der Waals surface area contributed by atoms with Crippen LogP contribution < -0.4 is 5.32 Å². The third-order valence-electron chi connectivity index (χ3n) is 2.44. The first-order valence-electron chi connectivity index (χ1n) is 5.10. The van der Waals surface area contributed by atoms with Crippen molar-refractivity contribution in [1.29, 1.82) is 0 Å². The Morgan fingerprint density at radius 1 is 1.24 bits per heavy atom. The van der Waals surface area contributed by atoms with Gasteiger partial charge in [-0.3, -0.25) is 0 Å². The quantitative estimate of drug-likeness (QED) is 0.726. The lowest BCUT2D eigenvalue weighted by Crippen LogP contribution is -2.52. The van der Waals surface area contributed by atoms with Gasteiger partial charge in [-0.2, -0.15) is 4.31 Å². The molecule has 0 aromatic carbocycles. The molecular weight excluding hydrogens is 288 g/mol. The van der Waals surface area contributed by atoms with Crippen LogP contribution in [0.5, 0.6) is 0 Å². The second kappa shape index (κ2) is 6.33. The molecule has 1 saturated heterocycles. The lowest BCUT2D eigenvalue weighted by atomic mass is 10.3. The molecule has 1 aliphatic heterocycles. The first-order chi connectivity index (χ1) is 7.21. The molecule has 0 radical (unpaired) electrons. The molecule has 0 aliphatic carbocycles. The average Bonchev–Trinajstić information content (AvgIpc) is 2.14. The smallest absolute Gasteiger partial charge is 0.215 e. The summed E-state index contributed by atoms with van der Waals surface area (Å²) in [4.78, 5) is 0. The van der Waals surface area contributed by atoms with Crippen molar-refractivity contribution in [2.75, 3.05) is 37.4 Å². The maximum Gasteiger partial charge on any atom is 0.215 e. The molecule has 17 heavy (non-hydrogen) atoms. The fourth-order valence-corrected chi connectivity index (χ4v) is 4.67. The van der Waals surface area contributed by atoms with Gasteiger partial charge in [0.05, 0.1) is 11.5 Å². The lowest BCUT2D eigenvalue weighted by Gasteiger charge is -2.30. The minimum Gasteiger partial charge on any atom is -0.312 e. The van der Waals surface area contributed by atoms with Gasteiger partial charge in [0.15, 0.2) is 0 Å². The molecule has 104 valence electrons. The first kappa shape index (κ1) is 17.1. The first-order valence-corrected chi connectivity index (χ1v) is 8.76. The van der Waals surface area contributed by atoms with Crippen molar-refractivity contribution in [3.05, 3.63) is 0 Å². The van der Waals surface area contributed by atoms with Crippen molar-refractivity contribution in [1.82, 2.24) is 9.62 Å². The van der Waals surface area contributed by atoms with E-state index in [1.165, 1.54) is 4.31 Å². The summed E-state index contributed by atoms with van der Waals surface area (Å²) in [6.45, 7) is 3.33. The molecule has 1 fully saturated rings. The Morgan fingerprint density at radius 2 is 1.82 bits per heavy atom. The molecular formula is C8H19ClN2O4S2. The van der Waals surface area contributed by atoms with Gasteiger partial charge in [-0.25, -0.2) is 16.8 Å². The number of sulfone groups is 1. The van der Waals surface area contributed by atoms with E-state index in [-0.39, 0.29) is 30.0 Å². The summed E-state index contributed by atoms with van der Waals surface area (Å²) in [5.41, 5.74) is 0. The van der Waals surface area contributed by atoms with Gasteiger partial charge in [0, 0.05) is 31.9 Å². The Hall–Kier alpha value is 0.110. The van der Waals surface area contributed by atoms with Crippen LogP contribution in [0.1, 0.15) is 6.92 Å². The zero-order valence-electron chi connectivity index (χ0n) is 9.92. The number of nitrogens with zero attached hydrogens (tertiary/aromatic N) is 1. The van der Waals surface area contributed by atoms with Crippen LogP contribution in [0.2, 0.25) is 0 Å². The number of sulfonamides is 1. The van der Waals surface area contributed by atoms with Gasteiger partial charge in [-0.1, -0.05) is 0 Å². The number of halogens is 1. The van der Waals surface area contributed by atoms with Crippen molar-refractivity contribution < 1.29 is 16.8 Å². The Morgan fingerprint density at radius 3 is 2.29 bits per heavy atom. The number of nitrogens with one attached hydrogen (secondary N) is 1. The highest BCUT2D eigenvalue weighted by Crippen LogP contribution is 2.07. The molecule has 0 aromatic heterocycles. The minimum atomic E-state index is -3.44. The van der Waals surface area contributed by atoms with E-state index < -0.39 is 19.9 Å². The van der Waals surface area contributed by atoms with Crippen LogP contribution >= 0.6 is 12.4 Å². The Labute approximate surface area is 109 Å². The monoisotopic (exact) mass is 306 g/mol. The van der Waals surface area contributed by atoms with E-state index in [2.05, 4.69) is 5.32 Å². The van der Waals surface area contributed by atoms with Gasteiger partial charge in [0.2, 0.25) is 10.0 Å². The number of hydrogen-bond donors (Lipinski definition) is 1. The van der Waals surface area contributed by atoms with Crippen molar-refractivity contribution in [3.63, 3.8) is 0 Å². The van der Waals surface area contributed by atoms with E-state index in [1.807, 2.05) is 6.92 Å². The molecule has 1 heterocycles. The Bertz CT molecular complexity index is 434. The second-order valence-electron chi connectivity index (χ2n) is 4.16. The summed E-state index contributed by atoms with van der Waals surface area (Å²) in [5.74, 6) is -0.633. The largest absolute Gasteiger partial charge is 0.312 e. The molecule has 1 aliphatic rings. The third-order valence-corrected chi connectivity index (χ3v) is 5.48. The Balaban J connectivity index is 0.00000256. The molecule has 9 heteroatoms. The van der Waals surface area contributed by atoms with Crippen LogP contribution in [0.3, 0.4) is 0 Å². The van der Waals surface area contributed by atoms with E-state index in [4.69, 9.17) is 0 Å². The molecule has 6 nitrogen and oxygen atoms in total. The third kappa shape index (κ3) is 6.01. The van der Waals surface area contributed by atoms with Gasteiger partial charge < -0.3 is 5.32 Å². The lowest BCUT2D eigenvalue weighted by molar-refractivity contribution is 0.310. The van der Waals surface area contributed by atoms with Crippen molar-refractivity contribution in [2.24, 2.45) is 0 Å². The maximum absolute atomic E-state index is 11.8. The fourth-order valence-electron chi connectivity index (χ4n) is 1.54. The van der Waals surface area contributed by atoms with E-state index in [0.29, 0.717) is 19.6 Å². The molecule has 1 atom stereocenters. The summed E-state index contributed by atoms with van der Waals surface area (Å²) >= 11 is 0. The predicted molar refractivity (Wildman–Crippen MR) is 69.8 cm³/mol. The normalized spacial score (nSPS) is 23.1. The Kier molecular flexibility index (Phi) is 6.37. The molecule has 0 saturated carbocycles.